The van der Waals surface area contributed by atoms with Crippen molar-refractivity contribution in [3.05, 3.63) is 88.6 Å². The van der Waals surface area contributed by atoms with E-state index < -0.39 is 32.8 Å². The summed E-state index contributed by atoms with van der Waals surface area (Å²) in [5.74, 6) is -1.77. The van der Waals surface area contributed by atoms with E-state index in [0.717, 1.165) is 31.4 Å². The molecule has 0 spiro atoms. The van der Waals surface area contributed by atoms with Gasteiger partial charge in [0.2, 0.25) is 21.3 Å². The second kappa shape index (κ2) is 10.9. The van der Waals surface area contributed by atoms with Crippen molar-refractivity contribution in [2.75, 3.05) is 29.0 Å². The maximum atomic E-state index is 15.5. The van der Waals surface area contributed by atoms with Gasteiger partial charge in [-0.15, -0.1) is 0 Å². The Labute approximate surface area is 227 Å². The first-order valence-corrected chi connectivity index (χ1v) is 14.1. The van der Waals surface area contributed by atoms with Crippen LogP contribution in [0.2, 0.25) is 0 Å². The number of rotatable bonds is 8. The Morgan fingerprint density at radius 1 is 1.18 bits per heavy atom. The van der Waals surface area contributed by atoms with Crippen molar-refractivity contribution in [2.24, 2.45) is 0 Å². The lowest BCUT2D eigenvalue weighted by Crippen LogP contribution is -2.35. The lowest BCUT2D eigenvalue weighted by atomic mass is 10.1. The lowest BCUT2D eigenvalue weighted by molar-refractivity contribution is -0.0789. The summed E-state index contributed by atoms with van der Waals surface area (Å²) in [7, 11) is -3.53. The van der Waals surface area contributed by atoms with Gasteiger partial charge >= 0.3 is 5.97 Å². The van der Waals surface area contributed by atoms with Crippen LogP contribution < -0.4 is 19.8 Å². The van der Waals surface area contributed by atoms with E-state index in [1.165, 1.54) is 34.9 Å². The van der Waals surface area contributed by atoms with Crippen LogP contribution in [0, 0.1) is 5.82 Å². The Hall–Kier alpha value is -4.52. The number of anilines is 2. The molecular formula is C27H24F2N4O6S. The van der Waals surface area contributed by atoms with Crippen LogP contribution in [0.4, 0.5) is 20.3 Å². The highest BCUT2D eigenvalue weighted by Crippen LogP contribution is 2.32. The molecular weight excluding hydrogens is 546 g/mol. The molecule has 4 aromatic rings. The summed E-state index contributed by atoms with van der Waals surface area (Å²) < 4.78 is 61.1. The van der Waals surface area contributed by atoms with Gasteiger partial charge in [-0.1, -0.05) is 6.07 Å². The highest BCUT2D eigenvalue weighted by atomic mass is 32.2. The summed E-state index contributed by atoms with van der Waals surface area (Å²) in [6.45, 7) is 0.804. The number of aromatic nitrogens is 2. The minimum atomic E-state index is -3.53. The first kappa shape index (κ1) is 27.1. The Bertz CT molecular complexity index is 1730. The normalized spacial score (nSPS) is 15.3. The van der Waals surface area contributed by atoms with Gasteiger partial charge in [-0.3, -0.25) is 9.52 Å². The monoisotopic (exact) mass is 570 g/mol. The van der Waals surface area contributed by atoms with Crippen molar-refractivity contribution < 1.29 is 31.8 Å². The van der Waals surface area contributed by atoms with E-state index >= 15 is 4.39 Å². The van der Waals surface area contributed by atoms with Crippen molar-refractivity contribution in [2.45, 2.75) is 18.9 Å². The molecule has 208 valence electrons. The van der Waals surface area contributed by atoms with E-state index in [-0.39, 0.29) is 34.9 Å². The molecule has 1 aliphatic heterocycles. The molecule has 0 amide bonds. The fourth-order valence-electron chi connectivity index (χ4n) is 4.80. The van der Waals surface area contributed by atoms with Gasteiger partial charge in [0, 0.05) is 46.3 Å². The molecule has 0 saturated carbocycles. The van der Waals surface area contributed by atoms with Gasteiger partial charge in [-0.25, -0.2) is 27.5 Å². The summed E-state index contributed by atoms with van der Waals surface area (Å²) >= 11 is 0. The number of hydrogen-bond acceptors (Lipinski definition) is 8. The fraction of sp³-hybridized carbons (Fsp3) is 0.222. The number of ether oxygens (including phenoxy) is 1. The molecule has 1 atom stereocenters. The molecule has 1 saturated heterocycles. The van der Waals surface area contributed by atoms with Gasteiger partial charge < -0.3 is 14.2 Å². The SMILES string of the molecule is CS(=O)(=O)Nc1ccc(-n2cc(C(=O)OF)c(=O)c3cc(F)c(N4CCCC4COc4ccccn4)cc32)cc1. The van der Waals surface area contributed by atoms with Gasteiger partial charge in [0.05, 0.1) is 23.5 Å². The van der Waals surface area contributed by atoms with Crippen LogP contribution in [0.5, 0.6) is 5.88 Å². The molecule has 2 aromatic heterocycles. The second-order valence-corrected chi connectivity index (χ2v) is 11.1. The van der Waals surface area contributed by atoms with Crippen molar-refractivity contribution in [1.82, 2.24) is 9.55 Å². The number of halogens is 2. The second-order valence-electron chi connectivity index (χ2n) is 9.32. The molecule has 0 bridgehead atoms. The highest BCUT2D eigenvalue weighted by Gasteiger charge is 2.29. The first-order chi connectivity index (χ1) is 19.1. The molecule has 1 aliphatic rings. The molecule has 3 heterocycles. The fourth-order valence-corrected chi connectivity index (χ4v) is 5.36. The average molecular weight is 571 g/mol. The van der Waals surface area contributed by atoms with Crippen LogP contribution >= 0.6 is 0 Å². The number of sulfonamides is 1. The Kier molecular flexibility index (Phi) is 7.39. The minimum Gasteiger partial charge on any atom is -0.475 e. The summed E-state index contributed by atoms with van der Waals surface area (Å²) in [5.41, 5.74) is -0.388. The van der Waals surface area contributed by atoms with Gasteiger partial charge in [-0.05, 0) is 55.3 Å². The van der Waals surface area contributed by atoms with E-state index in [4.69, 9.17) is 4.74 Å². The van der Waals surface area contributed by atoms with Crippen LogP contribution in [0.1, 0.15) is 23.2 Å². The van der Waals surface area contributed by atoms with Crippen LogP contribution in [-0.4, -0.2) is 49.4 Å². The van der Waals surface area contributed by atoms with E-state index in [1.807, 2.05) is 4.90 Å². The topological polar surface area (TPSA) is 120 Å². The number of fused-ring (bicyclic) bond motifs is 1. The third kappa shape index (κ3) is 5.59. The predicted octanol–water partition coefficient (Wildman–Crippen LogP) is 3.99. The highest BCUT2D eigenvalue weighted by molar-refractivity contribution is 7.92. The van der Waals surface area contributed by atoms with Crippen molar-refractivity contribution in [1.29, 1.82) is 0 Å². The zero-order valence-electron chi connectivity index (χ0n) is 21.2. The number of pyridine rings is 2. The third-order valence-electron chi connectivity index (χ3n) is 6.56. The van der Waals surface area contributed by atoms with E-state index in [2.05, 4.69) is 14.6 Å². The molecule has 1 fully saturated rings. The average Bonchev–Trinajstić information content (AvgIpc) is 3.40. The van der Waals surface area contributed by atoms with Gasteiger partial charge in [0.1, 0.15) is 18.0 Å². The Balaban J connectivity index is 1.59. The van der Waals surface area contributed by atoms with E-state index in [0.29, 0.717) is 18.1 Å². The van der Waals surface area contributed by atoms with Crippen LogP contribution in [0.15, 0.2) is 71.8 Å². The summed E-state index contributed by atoms with van der Waals surface area (Å²) in [4.78, 5) is 34.4. The van der Waals surface area contributed by atoms with Gasteiger partial charge in [-0.2, -0.15) is 0 Å². The number of nitrogens with zero attached hydrogens (tertiary/aromatic N) is 3. The number of carbonyl (C=O) groups excluding carboxylic acids is 1. The maximum absolute atomic E-state index is 15.5. The number of nitrogens with one attached hydrogen (secondary N) is 1. The molecule has 5 rings (SSSR count). The molecule has 10 nitrogen and oxygen atoms in total. The molecule has 0 aliphatic carbocycles. The van der Waals surface area contributed by atoms with Crippen LogP contribution in [0.3, 0.4) is 0 Å². The summed E-state index contributed by atoms with van der Waals surface area (Å²) in [5, 5.41) is -0.164. The smallest absolute Gasteiger partial charge is 0.385 e. The molecule has 1 N–H and O–H groups in total. The minimum absolute atomic E-state index is 0.164. The molecule has 2 aromatic carbocycles. The molecule has 13 heteroatoms. The van der Waals surface area contributed by atoms with E-state index in [1.54, 1.807) is 24.4 Å². The van der Waals surface area contributed by atoms with Crippen molar-refractivity contribution >= 4 is 38.3 Å². The van der Waals surface area contributed by atoms with Gasteiger partial charge in [0.25, 0.3) is 0 Å². The van der Waals surface area contributed by atoms with Crippen molar-refractivity contribution in [3.63, 3.8) is 0 Å². The standard InChI is InChI=1S/C27H24F2N4O6S/c1-40(36,37)31-17-7-9-18(10-8-17)33-15-21(27(35)39-29)26(34)20-13-22(28)24(14-23(20)33)32-12-4-5-19(32)16-38-25-6-2-3-11-30-25/h2-3,6-11,13-15,19,31H,4-5,12,16H2,1H3. The zero-order chi connectivity index (χ0) is 28.4. The van der Waals surface area contributed by atoms with Gasteiger partial charge in [0.15, 0.2) is 0 Å². The maximum Gasteiger partial charge on any atom is 0.385 e. The number of hydrogen-bond donors (Lipinski definition) is 1. The molecule has 40 heavy (non-hydrogen) atoms. The predicted molar refractivity (Wildman–Crippen MR) is 145 cm³/mol. The quantitative estimate of drug-likeness (QED) is 0.338. The summed E-state index contributed by atoms with van der Waals surface area (Å²) in [6.07, 6.45) is 5.26. The van der Waals surface area contributed by atoms with Crippen LogP contribution in [0.25, 0.3) is 16.6 Å². The third-order valence-corrected chi connectivity index (χ3v) is 7.17. The first-order valence-electron chi connectivity index (χ1n) is 12.2. The molecule has 0 radical (unpaired) electrons. The Morgan fingerprint density at radius 3 is 2.62 bits per heavy atom. The Morgan fingerprint density at radius 2 is 1.95 bits per heavy atom. The number of carbonyl (C=O) groups is 1. The zero-order valence-corrected chi connectivity index (χ0v) is 22.0. The lowest BCUT2D eigenvalue weighted by Gasteiger charge is -2.27. The summed E-state index contributed by atoms with van der Waals surface area (Å²) in [6, 6.07) is 13.7. The molecule has 1 unspecified atom stereocenters. The van der Waals surface area contributed by atoms with Crippen molar-refractivity contribution in [3.8, 4) is 11.6 Å². The van der Waals surface area contributed by atoms with E-state index in [9.17, 15) is 22.5 Å². The van der Waals surface area contributed by atoms with Crippen LogP contribution in [-0.2, 0) is 15.0 Å². The largest absolute Gasteiger partial charge is 0.475 e. The number of benzene rings is 2.